The number of unbranched alkanes of at least 4 members (excludes halogenated alkanes) is 66. The molecule has 0 aliphatic carbocycles. The van der Waals surface area contributed by atoms with Crippen molar-refractivity contribution >= 4 is 39.5 Å². The number of hydrogen-bond acceptors (Lipinski definition) is 15. The Hall–Kier alpha value is -1.94. The molecule has 6 atom stereocenters. The molecule has 0 spiro atoms. The summed E-state index contributed by atoms with van der Waals surface area (Å²) >= 11 is 0. The molecule has 0 bridgehead atoms. The molecule has 0 aliphatic rings. The van der Waals surface area contributed by atoms with Gasteiger partial charge in [-0.05, 0) is 37.5 Å². The molecule has 0 saturated carbocycles. The third-order valence-electron chi connectivity index (χ3n) is 23.6. The van der Waals surface area contributed by atoms with E-state index in [9.17, 15) is 43.2 Å². The van der Waals surface area contributed by atoms with Gasteiger partial charge in [-0.2, -0.15) is 0 Å². The van der Waals surface area contributed by atoms with Crippen molar-refractivity contribution in [2.45, 2.75) is 554 Å². The van der Waals surface area contributed by atoms with Crippen molar-refractivity contribution in [2.24, 2.45) is 11.8 Å². The molecule has 3 N–H and O–H groups in total. The number of esters is 4. The lowest BCUT2D eigenvalue weighted by Crippen LogP contribution is -2.30. The molecule has 696 valence electrons. The smallest absolute Gasteiger partial charge is 0.462 e. The highest BCUT2D eigenvalue weighted by Crippen LogP contribution is 2.45. The minimum absolute atomic E-state index is 0.109. The van der Waals surface area contributed by atoms with Crippen LogP contribution in [0.5, 0.6) is 0 Å². The first-order chi connectivity index (χ1) is 56.9. The van der Waals surface area contributed by atoms with Gasteiger partial charge in [-0.1, -0.05) is 485 Å². The third kappa shape index (κ3) is 90.1. The molecule has 0 aromatic carbocycles. The minimum atomic E-state index is -4.97. The van der Waals surface area contributed by atoms with Crippen LogP contribution in [0.25, 0.3) is 0 Å². The molecule has 17 nitrogen and oxygen atoms in total. The Morgan fingerprint density at radius 2 is 0.436 bits per heavy atom. The highest BCUT2D eigenvalue weighted by molar-refractivity contribution is 7.47. The summed E-state index contributed by atoms with van der Waals surface area (Å²) in [4.78, 5) is 73.6. The lowest BCUT2D eigenvalue weighted by molar-refractivity contribution is -0.161. The molecule has 0 radical (unpaired) electrons. The van der Waals surface area contributed by atoms with Gasteiger partial charge in [0.2, 0.25) is 0 Å². The number of phosphoric acid groups is 2. The molecule has 3 unspecified atom stereocenters. The summed E-state index contributed by atoms with van der Waals surface area (Å²) in [5, 5.41) is 10.7. The van der Waals surface area contributed by atoms with Gasteiger partial charge in [-0.15, -0.1) is 0 Å². The van der Waals surface area contributed by atoms with Crippen molar-refractivity contribution in [3.63, 3.8) is 0 Å². The summed E-state index contributed by atoms with van der Waals surface area (Å²) in [7, 11) is -9.94. The SMILES string of the molecule is CCCCCCCCCCCCCCCCCCCCCCCCC(=O)OC[C@H](COP(=O)(O)OC[C@@H](O)COP(=O)(O)OC[C@@H](COC(=O)CCCCCCCCCCC(C)C)OC(=O)CCCCCCCCCCCCCCCCCCCCCCCC)OC(=O)CCCCCCCCCCCCCCCCCCCCC(C)CC. The quantitative estimate of drug-likeness (QED) is 0.0222. The lowest BCUT2D eigenvalue weighted by atomic mass is 9.99. The van der Waals surface area contributed by atoms with E-state index in [2.05, 4.69) is 41.5 Å². The number of carbonyl (C=O) groups is 4. The van der Waals surface area contributed by atoms with Crippen molar-refractivity contribution in [3.8, 4) is 0 Å². The molecule has 0 aromatic heterocycles. The Balaban J connectivity index is 5.21. The summed E-state index contributed by atoms with van der Waals surface area (Å²) in [6.07, 6.45) is 86.5. The molecule has 0 heterocycles. The zero-order chi connectivity index (χ0) is 85.5. The Morgan fingerprint density at radius 3 is 0.650 bits per heavy atom. The minimum Gasteiger partial charge on any atom is -0.462 e. The van der Waals surface area contributed by atoms with E-state index in [0.29, 0.717) is 25.7 Å². The van der Waals surface area contributed by atoms with Crippen molar-refractivity contribution in [1.29, 1.82) is 0 Å². The molecule has 19 heteroatoms. The summed E-state index contributed by atoms with van der Waals surface area (Å²) < 4.78 is 69.3. The fourth-order valence-corrected chi connectivity index (χ4v) is 17.1. The van der Waals surface area contributed by atoms with Gasteiger partial charge >= 0.3 is 39.5 Å². The van der Waals surface area contributed by atoms with Crippen LogP contribution in [0, 0.1) is 11.8 Å². The van der Waals surface area contributed by atoms with Crippen LogP contribution in [0.2, 0.25) is 0 Å². The molecule has 0 rings (SSSR count). The van der Waals surface area contributed by atoms with Gasteiger partial charge in [0.15, 0.2) is 12.2 Å². The number of rotatable bonds is 97. The van der Waals surface area contributed by atoms with E-state index >= 15 is 0 Å². The molecular formula is C98H192O17P2. The maximum Gasteiger partial charge on any atom is 0.472 e. The van der Waals surface area contributed by atoms with E-state index in [4.69, 9.17) is 37.0 Å². The highest BCUT2D eigenvalue weighted by atomic mass is 31.2. The molecule has 0 amide bonds. The second-order valence-electron chi connectivity index (χ2n) is 35.9. The average Bonchev–Trinajstić information content (AvgIpc) is 0.901. The Kier molecular flexibility index (Phi) is 87.4. The number of ether oxygens (including phenoxy) is 4. The predicted octanol–water partition coefficient (Wildman–Crippen LogP) is 30.9. The Morgan fingerprint density at radius 1 is 0.248 bits per heavy atom. The van der Waals surface area contributed by atoms with E-state index in [1.807, 2.05) is 0 Å². The number of carbonyl (C=O) groups excluding carboxylic acids is 4. The van der Waals surface area contributed by atoms with Crippen LogP contribution in [-0.4, -0.2) is 96.7 Å². The van der Waals surface area contributed by atoms with Gasteiger partial charge in [-0.3, -0.25) is 37.3 Å². The van der Waals surface area contributed by atoms with E-state index < -0.39 is 97.5 Å². The number of aliphatic hydroxyl groups is 1. The molecule has 0 aliphatic heterocycles. The third-order valence-corrected chi connectivity index (χ3v) is 25.5. The Labute approximate surface area is 721 Å². The van der Waals surface area contributed by atoms with Crippen LogP contribution >= 0.6 is 15.6 Å². The van der Waals surface area contributed by atoms with Gasteiger partial charge in [0.1, 0.15) is 19.3 Å². The predicted molar refractivity (Wildman–Crippen MR) is 488 cm³/mol. The molecule has 0 saturated heterocycles. The lowest BCUT2D eigenvalue weighted by Gasteiger charge is -2.21. The Bertz CT molecular complexity index is 2220. The molecular weight excluding hydrogens is 1510 g/mol. The maximum atomic E-state index is 13.2. The van der Waals surface area contributed by atoms with Crippen LogP contribution in [0.15, 0.2) is 0 Å². The largest absolute Gasteiger partial charge is 0.472 e. The first-order valence-electron chi connectivity index (χ1n) is 50.5. The second-order valence-corrected chi connectivity index (χ2v) is 38.8. The van der Waals surface area contributed by atoms with Gasteiger partial charge in [0.05, 0.1) is 26.4 Å². The second kappa shape index (κ2) is 88.9. The van der Waals surface area contributed by atoms with Crippen molar-refractivity contribution in [3.05, 3.63) is 0 Å². The standard InChI is InChI=1S/C98H192O17P2/c1-7-10-12-14-16-18-20-22-24-26-28-30-32-34-39-43-47-51-55-62-68-74-80-95(100)108-86-93(114-97(102)82-76-71-65-57-53-49-45-41-37-36-38-42-46-50-54-61-67-73-79-91(6)9-3)88-112-116(104,105)110-84-92(99)85-111-117(106,107)113-89-94(87-109-96(101)81-75-69-63-59-58-60-66-72-78-90(4)5)115-98(103)83-77-70-64-56-52-48-44-40-35-33-31-29-27-25-23-21-19-17-15-13-11-8-2/h90-94,99H,7-89H2,1-6H3,(H,104,105)(H,106,107)/t91?,92-,93-,94-/m1/s1. The number of phosphoric ester groups is 2. The van der Waals surface area contributed by atoms with E-state index in [1.165, 1.54) is 353 Å². The van der Waals surface area contributed by atoms with Gasteiger partial charge in [0.25, 0.3) is 0 Å². The van der Waals surface area contributed by atoms with Crippen molar-refractivity contribution in [1.82, 2.24) is 0 Å². The topological polar surface area (TPSA) is 237 Å². The molecule has 0 aromatic rings. The van der Waals surface area contributed by atoms with Crippen LogP contribution < -0.4 is 0 Å². The maximum absolute atomic E-state index is 13.2. The molecule has 0 fully saturated rings. The van der Waals surface area contributed by atoms with Crippen LogP contribution in [0.1, 0.15) is 536 Å². The van der Waals surface area contributed by atoms with Crippen LogP contribution in [0.3, 0.4) is 0 Å². The first-order valence-corrected chi connectivity index (χ1v) is 53.5. The zero-order valence-corrected chi connectivity index (χ0v) is 79.3. The first kappa shape index (κ1) is 115. The number of aliphatic hydroxyl groups excluding tert-OH is 1. The van der Waals surface area contributed by atoms with Gasteiger partial charge < -0.3 is 33.8 Å². The van der Waals surface area contributed by atoms with Gasteiger partial charge in [-0.25, -0.2) is 9.13 Å². The molecule has 117 heavy (non-hydrogen) atoms. The van der Waals surface area contributed by atoms with E-state index in [1.54, 1.807) is 0 Å². The summed E-state index contributed by atoms with van der Waals surface area (Å²) in [6, 6.07) is 0. The van der Waals surface area contributed by atoms with Crippen molar-refractivity contribution in [2.75, 3.05) is 39.6 Å². The average molecular weight is 1700 g/mol. The summed E-state index contributed by atoms with van der Waals surface area (Å²) in [5.74, 6) is -0.494. The normalized spacial score (nSPS) is 13.9. The number of hydrogen-bond donors (Lipinski definition) is 3. The van der Waals surface area contributed by atoms with Crippen LogP contribution in [0.4, 0.5) is 0 Å². The monoisotopic (exact) mass is 1700 g/mol. The van der Waals surface area contributed by atoms with E-state index in [0.717, 1.165) is 102 Å². The zero-order valence-electron chi connectivity index (χ0n) is 77.5. The highest BCUT2D eigenvalue weighted by Gasteiger charge is 2.31. The van der Waals surface area contributed by atoms with Crippen LogP contribution in [-0.2, 0) is 65.4 Å². The van der Waals surface area contributed by atoms with E-state index in [-0.39, 0.29) is 25.7 Å². The fourth-order valence-electron chi connectivity index (χ4n) is 15.5. The van der Waals surface area contributed by atoms with Crippen molar-refractivity contribution < 1.29 is 80.2 Å². The fraction of sp³-hybridized carbons (Fsp3) is 0.959. The summed E-state index contributed by atoms with van der Waals surface area (Å²) in [6.45, 7) is 9.77. The van der Waals surface area contributed by atoms with Gasteiger partial charge in [0, 0.05) is 25.7 Å². The summed E-state index contributed by atoms with van der Waals surface area (Å²) in [5.41, 5.74) is 0.